The van der Waals surface area contributed by atoms with Gasteiger partial charge in [0.1, 0.15) is 5.82 Å². The monoisotopic (exact) mass is 383 g/mol. The average Bonchev–Trinajstić information content (AvgIpc) is 3.13. The minimum Gasteiger partial charge on any atom is -0.356 e. The van der Waals surface area contributed by atoms with Gasteiger partial charge in [-0.05, 0) is 45.9 Å². The van der Waals surface area contributed by atoms with Gasteiger partial charge in [-0.2, -0.15) is 0 Å². The third-order valence-corrected chi connectivity index (χ3v) is 4.83. The first-order valence-corrected chi connectivity index (χ1v) is 9.08. The molecule has 0 radical (unpaired) electrons. The Morgan fingerprint density at radius 1 is 1.25 bits per heavy atom. The van der Waals surface area contributed by atoms with Crippen LogP contribution in [0.25, 0.3) is 22.2 Å². The summed E-state index contributed by atoms with van der Waals surface area (Å²) < 4.78 is 16.3. The van der Waals surface area contributed by atoms with E-state index >= 15 is 0 Å². The molecule has 0 bridgehead atoms. The number of hydrogen-bond acceptors (Lipinski definition) is 4. The fourth-order valence-electron chi connectivity index (χ4n) is 3.50. The van der Waals surface area contributed by atoms with Gasteiger partial charge in [0, 0.05) is 12.6 Å². The maximum Gasteiger partial charge on any atom is 0.262 e. The molecule has 3 aromatic rings. The lowest BCUT2D eigenvalue weighted by atomic mass is 10.1. The Morgan fingerprint density at radius 2 is 1.96 bits per heavy atom. The van der Waals surface area contributed by atoms with E-state index in [1.807, 2.05) is 27.7 Å². The molecule has 1 aliphatic rings. The number of aromatic amines is 1. The van der Waals surface area contributed by atoms with Gasteiger partial charge in [0.25, 0.3) is 11.5 Å². The van der Waals surface area contributed by atoms with E-state index in [-0.39, 0.29) is 34.1 Å². The number of nitrogens with one attached hydrogen (secondary N) is 3. The maximum absolute atomic E-state index is 14.9. The number of anilines is 1. The molecule has 1 amide bonds. The molecule has 7 nitrogen and oxygen atoms in total. The highest BCUT2D eigenvalue weighted by Gasteiger charge is 2.29. The van der Waals surface area contributed by atoms with E-state index < -0.39 is 5.82 Å². The van der Waals surface area contributed by atoms with Crippen molar-refractivity contribution in [2.45, 2.75) is 39.3 Å². The van der Waals surface area contributed by atoms with Crippen LogP contribution >= 0.6 is 0 Å². The second-order valence-corrected chi connectivity index (χ2v) is 8.20. The molecule has 146 valence electrons. The number of nitrogens with zero attached hydrogens (tertiary/aromatic N) is 2. The maximum atomic E-state index is 14.9. The molecule has 1 aromatic carbocycles. The number of rotatable bonds is 2. The zero-order valence-electron chi connectivity index (χ0n) is 16.4. The molecule has 28 heavy (non-hydrogen) atoms. The summed E-state index contributed by atoms with van der Waals surface area (Å²) >= 11 is 0. The smallest absolute Gasteiger partial charge is 0.262 e. The molecule has 2 aromatic heterocycles. The van der Waals surface area contributed by atoms with Gasteiger partial charge >= 0.3 is 0 Å². The lowest BCUT2D eigenvalue weighted by Gasteiger charge is -2.23. The van der Waals surface area contributed by atoms with Crippen molar-refractivity contribution < 1.29 is 9.18 Å². The number of fused-ring (bicyclic) bond motifs is 2. The van der Waals surface area contributed by atoms with E-state index in [1.54, 1.807) is 13.1 Å². The summed E-state index contributed by atoms with van der Waals surface area (Å²) in [5.41, 5.74) is 1.44. The highest BCUT2D eigenvalue weighted by molar-refractivity contribution is 6.01. The van der Waals surface area contributed by atoms with Gasteiger partial charge in [0.05, 0.1) is 39.5 Å². The van der Waals surface area contributed by atoms with Crippen molar-refractivity contribution in [3.05, 3.63) is 45.6 Å². The molecule has 0 spiro atoms. The predicted molar refractivity (Wildman–Crippen MR) is 106 cm³/mol. The van der Waals surface area contributed by atoms with Crippen LogP contribution in [0.1, 0.15) is 49.8 Å². The summed E-state index contributed by atoms with van der Waals surface area (Å²) in [6, 6.07) is 4.12. The molecule has 1 unspecified atom stereocenters. The largest absolute Gasteiger partial charge is 0.356 e. The topological polar surface area (TPSA) is 91.8 Å². The Morgan fingerprint density at radius 3 is 2.61 bits per heavy atom. The van der Waals surface area contributed by atoms with Gasteiger partial charge in [0.2, 0.25) is 5.95 Å². The summed E-state index contributed by atoms with van der Waals surface area (Å²) in [4.78, 5) is 32.6. The molecule has 8 heteroatoms. The standard InChI is InChI=1S/C20H22FN5O2/c1-9-15-11(17(27)22-9)8-13(23-15)14-12(21)7-6-10-16(14)24-19(25-20(2,3)4)26(5)18(10)28/h6-9,23H,1-5H3,(H,22,27)(H,24,25). The van der Waals surface area contributed by atoms with E-state index in [4.69, 9.17) is 0 Å². The number of carbonyl (C=O) groups excluding carboxylic acids is 1. The minimum absolute atomic E-state index is 0.182. The Bertz CT molecular complexity index is 1190. The van der Waals surface area contributed by atoms with Gasteiger partial charge in [-0.15, -0.1) is 0 Å². The van der Waals surface area contributed by atoms with Crippen LogP contribution in [0.2, 0.25) is 0 Å². The Labute approximate surface area is 161 Å². The molecule has 4 rings (SSSR count). The first-order chi connectivity index (χ1) is 13.1. The number of aromatic nitrogens is 3. The fraction of sp³-hybridized carbons (Fsp3) is 0.350. The average molecular weight is 383 g/mol. The summed E-state index contributed by atoms with van der Waals surface area (Å²) in [5, 5.41) is 6.30. The van der Waals surface area contributed by atoms with E-state index in [9.17, 15) is 14.0 Å². The summed E-state index contributed by atoms with van der Waals surface area (Å²) in [7, 11) is 1.63. The van der Waals surface area contributed by atoms with Gasteiger partial charge in [-0.1, -0.05) is 0 Å². The quantitative estimate of drug-likeness (QED) is 0.634. The summed E-state index contributed by atoms with van der Waals surface area (Å²) in [5.74, 6) is -0.366. The van der Waals surface area contributed by atoms with Gasteiger partial charge in [-0.25, -0.2) is 9.37 Å². The number of benzene rings is 1. The van der Waals surface area contributed by atoms with Crippen LogP contribution in [0.4, 0.5) is 10.3 Å². The van der Waals surface area contributed by atoms with Crippen LogP contribution < -0.4 is 16.2 Å². The molecular formula is C20H22FN5O2. The van der Waals surface area contributed by atoms with Gasteiger partial charge in [0.15, 0.2) is 0 Å². The van der Waals surface area contributed by atoms with Crippen molar-refractivity contribution in [2.75, 3.05) is 5.32 Å². The van der Waals surface area contributed by atoms with Crippen LogP contribution in [0.15, 0.2) is 23.0 Å². The number of carbonyl (C=O) groups is 1. The van der Waals surface area contributed by atoms with E-state index in [1.165, 1.54) is 16.7 Å². The van der Waals surface area contributed by atoms with Crippen LogP contribution in [-0.4, -0.2) is 26.0 Å². The van der Waals surface area contributed by atoms with Crippen LogP contribution in [0, 0.1) is 5.82 Å². The number of amides is 1. The predicted octanol–water partition coefficient (Wildman–Crippen LogP) is 3.08. The van der Waals surface area contributed by atoms with E-state index in [0.29, 0.717) is 28.3 Å². The normalized spacial score (nSPS) is 16.4. The molecule has 0 aliphatic carbocycles. The Balaban J connectivity index is 2.00. The second kappa shape index (κ2) is 5.92. The molecule has 0 saturated carbocycles. The first kappa shape index (κ1) is 18.2. The van der Waals surface area contributed by atoms with E-state index in [2.05, 4.69) is 20.6 Å². The van der Waals surface area contributed by atoms with Crippen molar-refractivity contribution in [3.63, 3.8) is 0 Å². The molecule has 1 aliphatic heterocycles. The molecule has 1 atom stereocenters. The van der Waals surface area contributed by atoms with E-state index in [0.717, 1.165) is 0 Å². The molecular weight excluding hydrogens is 361 g/mol. The van der Waals surface area contributed by atoms with Crippen LogP contribution in [0.5, 0.6) is 0 Å². The summed E-state index contributed by atoms with van der Waals surface area (Å²) in [6.07, 6.45) is 0. The fourth-order valence-corrected chi connectivity index (χ4v) is 3.50. The lowest BCUT2D eigenvalue weighted by molar-refractivity contribution is 0.0958. The van der Waals surface area contributed by atoms with Gasteiger partial charge < -0.3 is 15.6 Å². The zero-order chi connectivity index (χ0) is 20.4. The van der Waals surface area contributed by atoms with Gasteiger partial charge in [-0.3, -0.25) is 14.2 Å². The van der Waals surface area contributed by atoms with Crippen LogP contribution in [-0.2, 0) is 7.05 Å². The van der Waals surface area contributed by atoms with Crippen molar-refractivity contribution in [1.82, 2.24) is 19.9 Å². The first-order valence-electron chi connectivity index (χ1n) is 9.08. The Hall–Kier alpha value is -3.16. The van der Waals surface area contributed by atoms with Crippen molar-refractivity contribution in [3.8, 4) is 11.3 Å². The number of halogens is 1. The minimum atomic E-state index is -0.511. The lowest BCUT2D eigenvalue weighted by Crippen LogP contribution is -2.32. The summed E-state index contributed by atoms with van der Waals surface area (Å²) in [6.45, 7) is 7.70. The Kier molecular flexibility index (Phi) is 3.85. The molecule has 0 saturated heterocycles. The second-order valence-electron chi connectivity index (χ2n) is 8.20. The third-order valence-electron chi connectivity index (χ3n) is 4.83. The highest BCUT2D eigenvalue weighted by Crippen LogP contribution is 2.34. The van der Waals surface area contributed by atoms with Crippen LogP contribution in [0.3, 0.4) is 0 Å². The highest BCUT2D eigenvalue weighted by atomic mass is 19.1. The molecule has 3 N–H and O–H groups in total. The zero-order valence-corrected chi connectivity index (χ0v) is 16.4. The van der Waals surface area contributed by atoms with Crippen molar-refractivity contribution >= 4 is 22.8 Å². The molecule has 0 fully saturated rings. The van der Waals surface area contributed by atoms with Crippen molar-refractivity contribution in [2.24, 2.45) is 7.05 Å². The SMILES string of the molecule is CC1NC(=O)c2cc(-c3c(F)ccc4c(=O)n(C)c(NC(C)(C)C)nc34)[nH]c21. The van der Waals surface area contributed by atoms with Crippen molar-refractivity contribution in [1.29, 1.82) is 0 Å². The third kappa shape index (κ3) is 2.76. The number of H-pyrrole nitrogens is 1. The number of hydrogen-bond donors (Lipinski definition) is 3. The molecule has 3 heterocycles.